The number of hydrogen-bond acceptors (Lipinski definition) is 1. The van der Waals surface area contributed by atoms with Crippen LogP contribution in [0.15, 0.2) is 36.4 Å². The number of hydrogen-bond donors (Lipinski definition) is 0. The molecule has 0 fully saturated rings. The summed E-state index contributed by atoms with van der Waals surface area (Å²) in [5.74, 6) is 0.846. The molecule has 0 radical (unpaired) electrons. The topological polar surface area (TPSA) is 9.23 Å². The molecule has 0 amide bonds. The Labute approximate surface area is 78.0 Å². The first-order chi connectivity index (χ1) is 6.31. The molecule has 13 heavy (non-hydrogen) atoms. The van der Waals surface area contributed by atoms with Crippen LogP contribution in [0.3, 0.4) is 0 Å². The second-order valence-corrected chi connectivity index (χ2v) is 3.01. The van der Waals surface area contributed by atoms with Gasteiger partial charge >= 0.3 is 0 Å². The summed E-state index contributed by atoms with van der Waals surface area (Å²) >= 11 is 0. The minimum absolute atomic E-state index is 0.846. The first kappa shape index (κ1) is 7.99. The molecule has 0 aromatic heterocycles. The molecule has 1 nitrogen and oxygen atoms in total. The van der Waals surface area contributed by atoms with Crippen molar-refractivity contribution in [2.45, 2.75) is 0 Å². The minimum Gasteiger partial charge on any atom is -0.437 e. The summed E-state index contributed by atoms with van der Waals surface area (Å²) < 4.78 is 5.19. The summed E-state index contributed by atoms with van der Waals surface area (Å²) in [6.07, 6.45) is 0. The average Bonchev–Trinajstić information content (AvgIpc) is 2.17. The summed E-state index contributed by atoms with van der Waals surface area (Å²) in [5.41, 5.74) is 0.932. The molecule has 0 bridgehead atoms. The quantitative estimate of drug-likeness (QED) is 0.599. The van der Waals surface area contributed by atoms with E-state index < -0.39 is 0 Å². The van der Waals surface area contributed by atoms with Gasteiger partial charge in [0.2, 0.25) is 5.75 Å². The van der Waals surface area contributed by atoms with E-state index in [2.05, 4.69) is 19.1 Å². The maximum Gasteiger partial charge on any atom is 0.231 e. The van der Waals surface area contributed by atoms with E-state index in [4.69, 9.17) is 4.74 Å². The van der Waals surface area contributed by atoms with Crippen LogP contribution in [0.5, 0.6) is 5.75 Å². The lowest BCUT2D eigenvalue weighted by atomic mass is 10.1. The monoisotopic (exact) mass is 171 g/mol. The van der Waals surface area contributed by atoms with Gasteiger partial charge in [0, 0.05) is 23.8 Å². The predicted molar refractivity (Wildman–Crippen MR) is 55.0 cm³/mol. The summed E-state index contributed by atoms with van der Waals surface area (Å²) in [6.45, 7) is 3.92. The second kappa shape index (κ2) is 3.02. The average molecular weight is 171 g/mol. The van der Waals surface area contributed by atoms with E-state index in [1.807, 2.05) is 24.3 Å². The number of rotatable bonds is 1. The zero-order valence-corrected chi connectivity index (χ0v) is 7.58. The molecule has 0 saturated carbocycles. The van der Waals surface area contributed by atoms with Crippen molar-refractivity contribution in [3.8, 4) is 5.75 Å². The maximum atomic E-state index is 5.19. The Morgan fingerprint density at radius 2 is 1.69 bits per heavy atom. The number of benzene rings is 2. The molecule has 0 aliphatic carbocycles. The van der Waals surface area contributed by atoms with Gasteiger partial charge in [-0.15, -0.1) is 0 Å². The molecule has 2 aromatic carbocycles. The van der Waals surface area contributed by atoms with Crippen LogP contribution in [-0.2, 0) is 0 Å². The van der Waals surface area contributed by atoms with Crippen LogP contribution in [0.4, 0.5) is 0 Å². The van der Waals surface area contributed by atoms with Crippen LogP contribution < -0.4 is 4.74 Å². The molecule has 0 aliphatic rings. The van der Waals surface area contributed by atoms with E-state index >= 15 is 0 Å². The Balaban J connectivity index is 2.74. The molecule has 0 atom stereocenters. The molecule has 0 unspecified atom stereocenters. The summed E-state index contributed by atoms with van der Waals surface area (Å²) in [5, 5.41) is 2.39. The van der Waals surface area contributed by atoms with Crippen LogP contribution in [0.1, 0.15) is 5.56 Å². The van der Waals surface area contributed by atoms with Crippen LogP contribution in [-0.4, -0.2) is 7.11 Å². The van der Waals surface area contributed by atoms with Crippen molar-refractivity contribution in [1.29, 1.82) is 0 Å². The Kier molecular flexibility index (Phi) is 1.85. The fourth-order valence-electron chi connectivity index (χ4n) is 1.46. The van der Waals surface area contributed by atoms with Crippen molar-refractivity contribution in [2.24, 2.45) is 0 Å². The third-order valence-corrected chi connectivity index (χ3v) is 2.15. The second-order valence-electron chi connectivity index (χ2n) is 3.01. The third-order valence-electron chi connectivity index (χ3n) is 2.15. The van der Waals surface area contributed by atoms with E-state index in [0.717, 1.165) is 11.3 Å². The summed E-state index contributed by atoms with van der Waals surface area (Å²) in [4.78, 5) is 0. The lowest BCUT2D eigenvalue weighted by molar-refractivity contribution is 0.413. The van der Waals surface area contributed by atoms with Gasteiger partial charge in [0.25, 0.3) is 0 Å². The Bertz CT molecular complexity index is 432. The first-order valence-corrected chi connectivity index (χ1v) is 4.20. The number of ether oxygens (including phenoxy) is 1. The highest BCUT2D eigenvalue weighted by atomic mass is 16.5. The number of methoxy groups -OCH3 is 1. The third kappa shape index (κ3) is 1.33. The van der Waals surface area contributed by atoms with Gasteiger partial charge in [-0.05, 0) is 6.07 Å². The Morgan fingerprint density at radius 3 is 2.31 bits per heavy atom. The van der Waals surface area contributed by atoms with E-state index in [0.29, 0.717) is 0 Å². The van der Waals surface area contributed by atoms with Gasteiger partial charge in [-0.2, -0.15) is 0 Å². The summed E-state index contributed by atoms with van der Waals surface area (Å²) in [6, 6.07) is 12.2. The van der Waals surface area contributed by atoms with Crippen LogP contribution in [0.2, 0.25) is 0 Å². The predicted octanol–water partition coefficient (Wildman–Crippen LogP) is 3.03. The first-order valence-electron chi connectivity index (χ1n) is 4.20. The number of fused-ring (bicyclic) bond motifs is 1. The van der Waals surface area contributed by atoms with E-state index in [-0.39, 0.29) is 0 Å². The lowest BCUT2D eigenvalue weighted by Crippen LogP contribution is -1.86. The standard InChI is InChI=1S/C12H11O/c1-9-7-10-5-3-4-6-11(10)8-12(9)13-2/h3-8H,1H2,2H3/q+1. The van der Waals surface area contributed by atoms with Gasteiger partial charge in [-0.3, -0.25) is 0 Å². The van der Waals surface area contributed by atoms with Gasteiger partial charge < -0.3 is 4.74 Å². The van der Waals surface area contributed by atoms with Crippen molar-refractivity contribution in [3.05, 3.63) is 48.9 Å². The Morgan fingerprint density at radius 1 is 1.08 bits per heavy atom. The Hall–Kier alpha value is -1.63. The molecule has 0 aliphatic heterocycles. The highest BCUT2D eigenvalue weighted by Crippen LogP contribution is 2.24. The minimum atomic E-state index is 0.846. The van der Waals surface area contributed by atoms with Crippen molar-refractivity contribution < 1.29 is 4.74 Å². The van der Waals surface area contributed by atoms with E-state index in [1.165, 1.54) is 10.8 Å². The van der Waals surface area contributed by atoms with Gasteiger partial charge in [0.15, 0.2) is 5.56 Å². The fraction of sp³-hybridized carbons (Fsp3) is 0.0833. The van der Waals surface area contributed by atoms with Crippen molar-refractivity contribution in [1.82, 2.24) is 0 Å². The normalized spacial score (nSPS) is 10.2. The zero-order chi connectivity index (χ0) is 9.26. The van der Waals surface area contributed by atoms with Gasteiger partial charge in [-0.25, -0.2) is 0 Å². The SMILES string of the molecule is [CH2+]c1cc2ccccc2cc1OC. The molecule has 0 saturated heterocycles. The molecule has 0 spiro atoms. The largest absolute Gasteiger partial charge is 0.437 e. The molecular weight excluding hydrogens is 160 g/mol. The molecular formula is C12H11O+. The highest BCUT2D eigenvalue weighted by molar-refractivity contribution is 5.85. The van der Waals surface area contributed by atoms with Gasteiger partial charge in [-0.1, -0.05) is 18.2 Å². The lowest BCUT2D eigenvalue weighted by Gasteiger charge is -1.98. The molecule has 0 N–H and O–H groups in total. The van der Waals surface area contributed by atoms with Crippen LogP contribution >= 0.6 is 0 Å². The van der Waals surface area contributed by atoms with Gasteiger partial charge in [0.1, 0.15) is 0 Å². The zero-order valence-electron chi connectivity index (χ0n) is 7.58. The smallest absolute Gasteiger partial charge is 0.231 e. The highest BCUT2D eigenvalue weighted by Gasteiger charge is 2.08. The summed E-state index contributed by atoms with van der Waals surface area (Å²) in [7, 11) is 1.67. The van der Waals surface area contributed by atoms with Gasteiger partial charge in [0.05, 0.1) is 13.2 Å². The molecule has 2 aromatic rings. The van der Waals surface area contributed by atoms with Crippen molar-refractivity contribution >= 4 is 10.8 Å². The molecule has 0 heterocycles. The molecule has 64 valence electrons. The maximum absolute atomic E-state index is 5.19. The molecule has 1 heteroatoms. The van der Waals surface area contributed by atoms with Crippen molar-refractivity contribution in [3.63, 3.8) is 0 Å². The van der Waals surface area contributed by atoms with Crippen LogP contribution in [0.25, 0.3) is 10.8 Å². The fourth-order valence-corrected chi connectivity index (χ4v) is 1.46. The van der Waals surface area contributed by atoms with Crippen molar-refractivity contribution in [2.75, 3.05) is 7.11 Å². The van der Waals surface area contributed by atoms with E-state index in [1.54, 1.807) is 7.11 Å². The van der Waals surface area contributed by atoms with Crippen LogP contribution in [0, 0.1) is 6.92 Å². The van der Waals surface area contributed by atoms with E-state index in [9.17, 15) is 0 Å². The molecule has 2 rings (SSSR count).